The van der Waals surface area contributed by atoms with Crippen molar-refractivity contribution in [1.29, 1.82) is 0 Å². The number of rotatable bonds is 4. The third-order valence-electron chi connectivity index (χ3n) is 2.78. The lowest BCUT2D eigenvalue weighted by molar-refractivity contribution is -0.113. The number of carbonyl (C=O) groups is 1. The Bertz CT molecular complexity index is 704. The van der Waals surface area contributed by atoms with E-state index < -0.39 is 16.6 Å². The first-order valence-corrected chi connectivity index (χ1v) is 7.57. The molecule has 2 rings (SSSR count). The van der Waals surface area contributed by atoms with Gasteiger partial charge in [-0.25, -0.2) is 4.39 Å². The van der Waals surface area contributed by atoms with Gasteiger partial charge in [-0.3, -0.25) is 9.00 Å². The number of hydrogen-bond donors (Lipinski definition) is 2. The van der Waals surface area contributed by atoms with Crippen LogP contribution in [0, 0.1) is 12.7 Å². The van der Waals surface area contributed by atoms with Crippen molar-refractivity contribution in [2.45, 2.75) is 11.8 Å². The highest BCUT2D eigenvalue weighted by atomic mass is 32.2. The quantitative estimate of drug-likeness (QED) is 0.852. The molecular formula is C15H15FN2O2S. The molecule has 4 nitrogen and oxygen atoms in total. The van der Waals surface area contributed by atoms with Gasteiger partial charge < -0.3 is 11.1 Å². The normalized spacial score (nSPS) is 11.9. The lowest BCUT2D eigenvalue weighted by Gasteiger charge is -2.07. The van der Waals surface area contributed by atoms with Crippen molar-refractivity contribution >= 4 is 28.1 Å². The minimum Gasteiger partial charge on any atom is -0.398 e. The topological polar surface area (TPSA) is 72.2 Å². The summed E-state index contributed by atoms with van der Waals surface area (Å²) < 4.78 is 25.0. The molecular weight excluding hydrogens is 291 g/mol. The Labute approximate surface area is 124 Å². The van der Waals surface area contributed by atoms with Crippen LogP contribution in [-0.4, -0.2) is 15.9 Å². The average Bonchev–Trinajstić information content (AvgIpc) is 2.38. The third-order valence-corrected chi connectivity index (χ3v) is 4.17. The molecule has 0 heterocycles. The third kappa shape index (κ3) is 4.13. The van der Waals surface area contributed by atoms with Gasteiger partial charge in [-0.15, -0.1) is 0 Å². The van der Waals surface area contributed by atoms with Crippen molar-refractivity contribution in [2.24, 2.45) is 0 Å². The molecule has 0 saturated carbocycles. The van der Waals surface area contributed by atoms with Crippen molar-refractivity contribution < 1.29 is 13.4 Å². The van der Waals surface area contributed by atoms with E-state index in [9.17, 15) is 13.4 Å². The second-order valence-electron chi connectivity index (χ2n) is 4.59. The zero-order valence-electron chi connectivity index (χ0n) is 11.4. The van der Waals surface area contributed by atoms with E-state index in [2.05, 4.69) is 5.32 Å². The molecule has 2 aromatic rings. The van der Waals surface area contributed by atoms with Gasteiger partial charge in [0.05, 0.1) is 21.4 Å². The summed E-state index contributed by atoms with van der Waals surface area (Å²) in [6, 6.07) is 10.9. The zero-order chi connectivity index (χ0) is 15.4. The summed E-state index contributed by atoms with van der Waals surface area (Å²) in [7, 11) is -1.62. The summed E-state index contributed by atoms with van der Waals surface area (Å²) in [6.45, 7) is 1.91. The molecule has 0 aliphatic heterocycles. The van der Waals surface area contributed by atoms with Gasteiger partial charge in [-0.05, 0) is 42.8 Å². The highest BCUT2D eigenvalue weighted by Gasteiger charge is 2.13. The van der Waals surface area contributed by atoms with Crippen LogP contribution < -0.4 is 11.1 Å². The molecule has 1 unspecified atom stereocenters. The van der Waals surface area contributed by atoms with Crippen LogP contribution in [0.25, 0.3) is 0 Å². The fourth-order valence-electron chi connectivity index (χ4n) is 1.84. The number of benzene rings is 2. The second kappa shape index (κ2) is 6.49. The molecule has 6 heteroatoms. The maximum absolute atomic E-state index is 12.9. The van der Waals surface area contributed by atoms with Gasteiger partial charge in [0.25, 0.3) is 0 Å². The summed E-state index contributed by atoms with van der Waals surface area (Å²) in [4.78, 5) is 12.1. The van der Waals surface area contributed by atoms with Crippen LogP contribution >= 0.6 is 0 Å². The van der Waals surface area contributed by atoms with Crippen LogP contribution in [0.3, 0.4) is 0 Å². The molecule has 2 aromatic carbocycles. The standard InChI is InChI=1S/C15H15FN2O2S/c1-10-3-2-4-12(7-10)18-15(19)9-21(20)14-6-5-11(16)8-13(14)17/h2-8H,9,17H2,1H3,(H,18,19). The number of carbonyl (C=O) groups excluding carboxylic acids is 1. The van der Waals surface area contributed by atoms with Gasteiger partial charge in [-0.2, -0.15) is 0 Å². The van der Waals surface area contributed by atoms with E-state index in [0.717, 1.165) is 11.6 Å². The maximum Gasteiger partial charge on any atom is 0.237 e. The first kappa shape index (κ1) is 15.2. The van der Waals surface area contributed by atoms with Crippen LogP contribution in [0.5, 0.6) is 0 Å². The molecule has 0 fully saturated rings. The molecule has 0 aliphatic rings. The molecule has 21 heavy (non-hydrogen) atoms. The largest absolute Gasteiger partial charge is 0.398 e. The number of nitrogens with two attached hydrogens (primary N) is 1. The summed E-state index contributed by atoms with van der Waals surface area (Å²) in [5.41, 5.74) is 7.34. The van der Waals surface area contributed by atoms with E-state index in [1.54, 1.807) is 6.07 Å². The SMILES string of the molecule is Cc1cccc(NC(=O)CS(=O)c2ccc(F)cc2N)c1. The molecule has 0 bridgehead atoms. The number of nitrogens with one attached hydrogen (secondary N) is 1. The van der Waals surface area contributed by atoms with E-state index in [1.807, 2.05) is 25.1 Å². The van der Waals surface area contributed by atoms with Crippen LogP contribution in [0.4, 0.5) is 15.8 Å². The minimum absolute atomic E-state index is 0.0803. The Balaban J connectivity index is 2.04. The Morgan fingerprint density at radius 2 is 2.05 bits per heavy atom. The van der Waals surface area contributed by atoms with Crippen molar-refractivity contribution in [3.05, 3.63) is 53.8 Å². The van der Waals surface area contributed by atoms with Crippen molar-refractivity contribution in [3.63, 3.8) is 0 Å². The lowest BCUT2D eigenvalue weighted by Crippen LogP contribution is -2.20. The van der Waals surface area contributed by atoms with E-state index in [1.165, 1.54) is 12.1 Å². The monoisotopic (exact) mass is 306 g/mol. The molecule has 0 radical (unpaired) electrons. The van der Waals surface area contributed by atoms with E-state index in [0.29, 0.717) is 5.69 Å². The van der Waals surface area contributed by atoms with Crippen LogP contribution in [0.1, 0.15) is 5.56 Å². The van der Waals surface area contributed by atoms with E-state index in [-0.39, 0.29) is 22.2 Å². The second-order valence-corrected chi connectivity index (χ2v) is 6.01. The summed E-state index contributed by atoms with van der Waals surface area (Å²) in [5, 5.41) is 2.67. The smallest absolute Gasteiger partial charge is 0.237 e. The molecule has 0 aliphatic carbocycles. The summed E-state index contributed by atoms with van der Waals surface area (Å²) in [6.07, 6.45) is 0. The maximum atomic E-state index is 12.9. The minimum atomic E-state index is -1.62. The highest BCUT2D eigenvalue weighted by molar-refractivity contribution is 7.86. The zero-order valence-corrected chi connectivity index (χ0v) is 12.2. The molecule has 3 N–H and O–H groups in total. The Morgan fingerprint density at radius 1 is 1.29 bits per heavy atom. The number of aryl methyl sites for hydroxylation is 1. The van der Waals surface area contributed by atoms with Crippen molar-refractivity contribution in [1.82, 2.24) is 0 Å². The Kier molecular flexibility index (Phi) is 4.70. The molecule has 0 aromatic heterocycles. The predicted molar refractivity (Wildman–Crippen MR) is 81.9 cm³/mol. The molecule has 0 spiro atoms. The molecule has 110 valence electrons. The molecule has 1 amide bonds. The van der Waals surface area contributed by atoms with E-state index >= 15 is 0 Å². The Hall–Kier alpha value is -2.21. The van der Waals surface area contributed by atoms with Gasteiger partial charge in [0.15, 0.2) is 0 Å². The van der Waals surface area contributed by atoms with Crippen molar-refractivity contribution in [3.8, 4) is 0 Å². The number of anilines is 2. The van der Waals surface area contributed by atoms with Gasteiger partial charge in [-0.1, -0.05) is 12.1 Å². The van der Waals surface area contributed by atoms with Crippen LogP contribution in [0.15, 0.2) is 47.4 Å². The number of hydrogen-bond acceptors (Lipinski definition) is 3. The number of nitrogen functional groups attached to an aromatic ring is 1. The fourth-order valence-corrected chi connectivity index (χ4v) is 2.85. The predicted octanol–water partition coefficient (Wildman–Crippen LogP) is 2.46. The molecule has 1 atom stereocenters. The van der Waals surface area contributed by atoms with E-state index in [4.69, 9.17) is 5.73 Å². The number of halogens is 1. The first-order valence-electron chi connectivity index (χ1n) is 6.25. The molecule has 0 saturated heterocycles. The summed E-state index contributed by atoms with van der Waals surface area (Å²) in [5.74, 6) is -1.12. The first-order chi connectivity index (χ1) is 9.95. The highest BCUT2D eigenvalue weighted by Crippen LogP contribution is 2.18. The van der Waals surface area contributed by atoms with Crippen molar-refractivity contribution in [2.75, 3.05) is 16.8 Å². The Morgan fingerprint density at radius 3 is 2.71 bits per heavy atom. The summed E-state index contributed by atoms with van der Waals surface area (Å²) >= 11 is 0. The average molecular weight is 306 g/mol. The van der Waals surface area contributed by atoms with Crippen LogP contribution in [0.2, 0.25) is 0 Å². The lowest BCUT2D eigenvalue weighted by atomic mass is 10.2. The van der Waals surface area contributed by atoms with Crippen LogP contribution in [-0.2, 0) is 15.6 Å². The fraction of sp³-hybridized carbons (Fsp3) is 0.133. The van der Waals surface area contributed by atoms with Gasteiger partial charge in [0, 0.05) is 5.69 Å². The van der Waals surface area contributed by atoms with Gasteiger partial charge in [0.1, 0.15) is 11.6 Å². The van der Waals surface area contributed by atoms with Gasteiger partial charge in [0.2, 0.25) is 5.91 Å². The number of amides is 1. The van der Waals surface area contributed by atoms with Gasteiger partial charge >= 0.3 is 0 Å².